The number of hydrogen-bond donors (Lipinski definition) is 1. The zero-order valence-corrected chi connectivity index (χ0v) is 17.2. The molecule has 1 saturated heterocycles. The smallest absolute Gasteiger partial charge is 0.246 e. The van der Waals surface area contributed by atoms with Crippen LogP contribution in [-0.4, -0.2) is 59.3 Å². The Kier molecular flexibility index (Phi) is 6.92. The normalized spacial score (nSPS) is 15.2. The Bertz CT molecular complexity index is 816. The minimum atomic E-state index is 0.0611. The number of carbonyl (C=O) groups is 1. The Morgan fingerprint density at radius 2 is 2.07 bits per heavy atom. The van der Waals surface area contributed by atoms with Crippen LogP contribution in [0, 0.1) is 0 Å². The van der Waals surface area contributed by atoms with Gasteiger partial charge in [-0.1, -0.05) is 23.7 Å². The van der Waals surface area contributed by atoms with Crippen molar-refractivity contribution in [1.29, 1.82) is 0 Å². The molecule has 3 rings (SSSR count). The van der Waals surface area contributed by atoms with Crippen LogP contribution >= 0.6 is 11.6 Å². The van der Waals surface area contributed by atoms with Crippen molar-refractivity contribution < 1.29 is 4.79 Å². The van der Waals surface area contributed by atoms with Gasteiger partial charge in [-0.25, -0.2) is 0 Å². The number of anilines is 1. The third-order valence-electron chi connectivity index (χ3n) is 4.66. The van der Waals surface area contributed by atoms with E-state index in [1.807, 2.05) is 49.3 Å². The molecule has 1 aliphatic rings. The Balaban J connectivity index is 1.55. The fourth-order valence-corrected chi connectivity index (χ4v) is 3.35. The number of piperazine rings is 1. The summed E-state index contributed by atoms with van der Waals surface area (Å²) in [7, 11) is 1.85. The highest BCUT2D eigenvalue weighted by atomic mass is 35.5. The SMILES string of the molecule is CCNC(=NCCCc1ccc(Cl)cc1)N1CCN(c2cnn(C)c2)C(=O)C1. The number of nitrogens with one attached hydrogen (secondary N) is 1. The number of amides is 1. The van der Waals surface area contributed by atoms with Gasteiger partial charge in [0, 0.05) is 44.4 Å². The van der Waals surface area contributed by atoms with Gasteiger partial charge in [-0.15, -0.1) is 0 Å². The second kappa shape index (κ2) is 9.59. The molecule has 0 atom stereocenters. The van der Waals surface area contributed by atoms with Crippen molar-refractivity contribution in [3.05, 3.63) is 47.2 Å². The zero-order chi connectivity index (χ0) is 19.9. The van der Waals surface area contributed by atoms with E-state index in [1.165, 1.54) is 5.56 Å². The third kappa shape index (κ3) is 5.25. The summed E-state index contributed by atoms with van der Waals surface area (Å²) in [4.78, 5) is 21.2. The lowest BCUT2D eigenvalue weighted by Crippen LogP contribution is -2.55. The molecule has 2 aromatic rings. The number of halogens is 1. The van der Waals surface area contributed by atoms with Crippen LogP contribution in [0.5, 0.6) is 0 Å². The van der Waals surface area contributed by atoms with Gasteiger partial charge in [-0.2, -0.15) is 5.10 Å². The molecule has 0 bridgehead atoms. The summed E-state index contributed by atoms with van der Waals surface area (Å²) in [5.74, 6) is 0.865. The van der Waals surface area contributed by atoms with E-state index in [0.717, 1.165) is 42.6 Å². The number of rotatable bonds is 6. The molecule has 7 nitrogen and oxygen atoms in total. The van der Waals surface area contributed by atoms with Crippen molar-refractivity contribution in [3.63, 3.8) is 0 Å². The standard InChI is InChI=1S/C20H27ClN6O/c1-3-22-20(23-10-4-5-16-6-8-17(21)9-7-16)26-11-12-27(19(28)15-26)18-13-24-25(2)14-18/h6-9,13-14H,3-5,10-12,15H2,1-2H3,(H,22,23). The molecule has 1 aliphatic heterocycles. The van der Waals surface area contributed by atoms with Gasteiger partial charge in [0.25, 0.3) is 0 Å². The average Bonchev–Trinajstić information content (AvgIpc) is 3.11. The first-order valence-electron chi connectivity index (χ1n) is 9.63. The molecule has 28 heavy (non-hydrogen) atoms. The molecule has 1 aromatic carbocycles. The van der Waals surface area contributed by atoms with Gasteiger partial charge in [0.05, 0.1) is 11.9 Å². The first-order chi connectivity index (χ1) is 13.6. The highest BCUT2D eigenvalue weighted by Gasteiger charge is 2.27. The van der Waals surface area contributed by atoms with Crippen molar-refractivity contribution in [2.24, 2.45) is 12.0 Å². The second-order valence-corrected chi connectivity index (χ2v) is 7.24. The molecule has 1 aromatic heterocycles. The van der Waals surface area contributed by atoms with Crippen molar-refractivity contribution >= 4 is 29.2 Å². The van der Waals surface area contributed by atoms with Gasteiger partial charge in [0.15, 0.2) is 5.96 Å². The number of guanidine groups is 1. The Morgan fingerprint density at radius 1 is 1.29 bits per heavy atom. The topological polar surface area (TPSA) is 65.8 Å². The minimum Gasteiger partial charge on any atom is -0.357 e. The Morgan fingerprint density at radius 3 is 2.71 bits per heavy atom. The van der Waals surface area contributed by atoms with E-state index in [1.54, 1.807) is 15.8 Å². The number of aryl methyl sites for hydroxylation is 2. The van der Waals surface area contributed by atoms with Crippen molar-refractivity contribution in [2.45, 2.75) is 19.8 Å². The molecule has 1 N–H and O–H groups in total. The maximum Gasteiger partial charge on any atom is 0.246 e. The number of benzene rings is 1. The molecule has 0 aliphatic carbocycles. The highest BCUT2D eigenvalue weighted by Crippen LogP contribution is 2.16. The fraction of sp³-hybridized carbons (Fsp3) is 0.450. The van der Waals surface area contributed by atoms with Crippen LogP contribution in [0.3, 0.4) is 0 Å². The van der Waals surface area contributed by atoms with Gasteiger partial charge in [0.1, 0.15) is 6.54 Å². The van der Waals surface area contributed by atoms with E-state index < -0.39 is 0 Å². The summed E-state index contributed by atoms with van der Waals surface area (Å²) in [5.41, 5.74) is 2.10. The number of aromatic nitrogens is 2. The lowest BCUT2D eigenvalue weighted by Gasteiger charge is -2.35. The molecule has 0 radical (unpaired) electrons. The van der Waals surface area contributed by atoms with E-state index in [4.69, 9.17) is 16.6 Å². The van der Waals surface area contributed by atoms with Crippen molar-refractivity contribution in [3.8, 4) is 0 Å². The van der Waals surface area contributed by atoms with Gasteiger partial charge in [-0.05, 0) is 37.5 Å². The van der Waals surface area contributed by atoms with Gasteiger partial charge in [-0.3, -0.25) is 14.5 Å². The summed E-state index contributed by atoms with van der Waals surface area (Å²) < 4.78 is 1.71. The summed E-state index contributed by atoms with van der Waals surface area (Å²) in [6, 6.07) is 7.93. The summed E-state index contributed by atoms with van der Waals surface area (Å²) >= 11 is 5.93. The van der Waals surface area contributed by atoms with E-state index in [-0.39, 0.29) is 5.91 Å². The van der Waals surface area contributed by atoms with Crippen LogP contribution in [0.25, 0.3) is 0 Å². The van der Waals surface area contributed by atoms with Gasteiger partial charge in [0.2, 0.25) is 5.91 Å². The second-order valence-electron chi connectivity index (χ2n) is 6.80. The molecular weight excluding hydrogens is 376 g/mol. The van der Waals surface area contributed by atoms with Crippen LogP contribution in [0.2, 0.25) is 5.02 Å². The maximum atomic E-state index is 12.6. The first-order valence-corrected chi connectivity index (χ1v) is 10.0. The summed E-state index contributed by atoms with van der Waals surface area (Å²) in [6.45, 7) is 5.20. The van der Waals surface area contributed by atoms with Gasteiger partial charge < -0.3 is 15.1 Å². The molecule has 150 valence electrons. The monoisotopic (exact) mass is 402 g/mol. The Hall–Kier alpha value is -2.54. The van der Waals surface area contributed by atoms with Crippen molar-refractivity contribution in [2.75, 3.05) is 37.6 Å². The van der Waals surface area contributed by atoms with Crippen LogP contribution in [-0.2, 0) is 18.3 Å². The van der Waals surface area contributed by atoms with Crippen LogP contribution in [0.4, 0.5) is 5.69 Å². The molecule has 2 heterocycles. The Labute approximate surface area is 171 Å². The third-order valence-corrected chi connectivity index (χ3v) is 4.91. The quantitative estimate of drug-likeness (QED) is 0.457. The molecule has 1 amide bonds. The van der Waals surface area contributed by atoms with Crippen LogP contribution in [0.1, 0.15) is 18.9 Å². The number of aliphatic imine (C=N–C) groups is 1. The molecular formula is C20H27ClN6O. The molecule has 0 spiro atoms. The lowest BCUT2D eigenvalue weighted by atomic mass is 10.1. The number of nitrogens with zero attached hydrogens (tertiary/aromatic N) is 5. The molecule has 1 fully saturated rings. The molecule has 8 heteroatoms. The first kappa shape index (κ1) is 20.2. The van der Waals surface area contributed by atoms with E-state index >= 15 is 0 Å². The summed E-state index contributed by atoms with van der Waals surface area (Å²) in [6.07, 6.45) is 5.49. The lowest BCUT2D eigenvalue weighted by molar-refractivity contribution is -0.120. The average molecular weight is 403 g/mol. The largest absolute Gasteiger partial charge is 0.357 e. The maximum absolute atomic E-state index is 12.6. The number of hydrogen-bond acceptors (Lipinski definition) is 3. The van der Waals surface area contributed by atoms with Gasteiger partial charge >= 0.3 is 0 Å². The number of carbonyl (C=O) groups excluding carboxylic acids is 1. The van der Waals surface area contributed by atoms with E-state index in [2.05, 4.69) is 10.4 Å². The van der Waals surface area contributed by atoms with Crippen LogP contribution in [0.15, 0.2) is 41.7 Å². The minimum absolute atomic E-state index is 0.0611. The van der Waals surface area contributed by atoms with E-state index in [9.17, 15) is 4.79 Å². The molecule has 0 saturated carbocycles. The molecule has 0 unspecified atom stereocenters. The zero-order valence-electron chi connectivity index (χ0n) is 16.4. The highest BCUT2D eigenvalue weighted by molar-refractivity contribution is 6.30. The fourth-order valence-electron chi connectivity index (χ4n) is 3.22. The predicted molar refractivity (Wildman–Crippen MR) is 113 cm³/mol. The van der Waals surface area contributed by atoms with E-state index in [0.29, 0.717) is 19.6 Å². The van der Waals surface area contributed by atoms with Crippen LogP contribution < -0.4 is 10.2 Å². The van der Waals surface area contributed by atoms with Crippen molar-refractivity contribution in [1.82, 2.24) is 20.0 Å². The summed E-state index contributed by atoms with van der Waals surface area (Å²) in [5, 5.41) is 8.22. The predicted octanol–water partition coefficient (Wildman–Crippen LogP) is 2.32.